The summed E-state index contributed by atoms with van der Waals surface area (Å²) >= 11 is 0. The van der Waals surface area contributed by atoms with Crippen molar-refractivity contribution < 1.29 is 9.21 Å². The minimum Gasteiger partial charge on any atom is -0.467 e. The van der Waals surface area contributed by atoms with Gasteiger partial charge in [-0.15, -0.1) is 0 Å². The number of rotatable bonds is 7. The fourth-order valence-electron chi connectivity index (χ4n) is 3.35. The predicted octanol–water partition coefficient (Wildman–Crippen LogP) is 3.01. The van der Waals surface area contributed by atoms with Crippen LogP contribution in [0.2, 0.25) is 0 Å². The quantitative estimate of drug-likeness (QED) is 0.668. The van der Waals surface area contributed by atoms with Gasteiger partial charge in [0.25, 0.3) is 5.56 Å². The average Bonchev–Trinajstić information content (AvgIpc) is 3.21. The molecule has 7 heteroatoms. The van der Waals surface area contributed by atoms with Crippen LogP contribution in [0.15, 0.2) is 52.1 Å². The topological polar surface area (TPSA) is 103 Å². The Morgan fingerprint density at radius 2 is 2.10 bits per heavy atom. The summed E-state index contributed by atoms with van der Waals surface area (Å²) in [6, 6.07) is 9.32. The van der Waals surface area contributed by atoms with Gasteiger partial charge >= 0.3 is 0 Å². The van der Waals surface area contributed by atoms with Gasteiger partial charge in [-0.25, -0.2) is 0 Å². The molecule has 3 aromatic rings. The molecule has 0 aromatic carbocycles. The molecular weight excluding hydrogens is 368 g/mol. The van der Waals surface area contributed by atoms with Crippen molar-refractivity contribution in [2.45, 2.75) is 39.8 Å². The molecule has 0 fully saturated rings. The summed E-state index contributed by atoms with van der Waals surface area (Å²) in [5, 5.41) is 9.23. The van der Waals surface area contributed by atoms with Gasteiger partial charge in [-0.3, -0.25) is 14.6 Å². The van der Waals surface area contributed by atoms with Gasteiger partial charge in [0.2, 0.25) is 5.91 Å². The van der Waals surface area contributed by atoms with Crippen LogP contribution in [0.25, 0.3) is 0 Å². The van der Waals surface area contributed by atoms with E-state index in [-0.39, 0.29) is 17.9 Å². The standard InChI is InChI=1S/C22H22N4O3/c1-15-19(16(2)25-22(28)20(15)11-23)7-8-21(27)26(14-18-6-4-10-29-18)13-17-5-3-9-24-12-17/h3-6,9-10,12H,7-8,13-14H2,1-2H3,(H,25,28). The minimum atomic E-state index is -0.395. The molecule has 0 radical (unpaired) electrons. The Morgan fingerprint density at radius 1 is 1.28 bits per heavy atom. The molecule has 0 saturated carbocycles. The lowest BCUT2D eigenvalue weighted by Gasteiger charge is -2.22. The maximum Gasteiger partial charge on any atom is 0.266 e. The van der Waals surface area contributed by atoms with Crippen LogP contribution >= 0.6 is 0 Å². The van der Waals surface area contributed by atoms with Gasteiger partial charge in [0.05, 0.1) is 12.8 Å². The van der Waals surface area contributed by atoms with Gasteiger partial charge in [0, 0.05) is 31.1 Å². The first kappa shape index (κ1) is 20.1. The second kappa shape index (κ2) is 9.02. The first-order valence-electron chi connectivity index (χ1n) is 9.31. The summed E-state index contributed by atoms with van der Waals surface area (Å²) in [5.41, 5.74) is 2.77. The van der Waals surface area contributed by atoms with Crippen LogP contribution in [-0.4, -0.2) is 20.8 Å². The van der Waals surface area contributed by atoms with Crippen molar-refractivity contribution in [3.8, 4) is 6.07 Å². The monoisotopic (exact) mass is 390 g/mol. The van der Waals surface area contributed by atoms with Crippen molar-refractivity contribution in [2.24, 2.45) is 0 Å². The number of amides is 1. The number of hydrogen-bond acceptors (Lipinski definition) is 5. The second-order valence-electron chi connectivity index (χ2n) is 6.86. The lowest BCUT2D eigenvalue weighted by Crippen LogP contribution is -2.30. The number of H-pyrrole nitrogens is 1. The Kier molecular flexibility index (Phi) is 6.25. The summed E-state index contributed by atoms with van der Waals surface area (Å²) in [7, 11) is 0. The van der Waals surface area contributed by atoms with Crippen LogP contribution in [0.4, 0.5) is 0 Å². The van der Waals surface area contributed by atoms with Crippen LogP contribution in [-0.2, 0) is 24.3 Å². The molecule has 0 aliphatic rings. The molecule has 3 rings (SSSR count). The molecule has 0 bridgehead atoms. The molecule has 0 aliphatic heterocycles. The first-order valence-corrected chi connectivity index (χ1v) is 9.31. The van der Waals surface area contributed by atoms with Gasteiger partial charge < -0.3 is 14.3 Å². The molecule has 0 atom stereocenters. The van der Waals surface area contributed by atoms with Gasteiger partial charge in [-0.1, -0.05) is 6.07 Å². The molecule has 0 aliphatic carbocycles. The van der Waals surface area contributed by atoms with Crippen LogP contribution in [0.3, 0.4) is 0 Å². The number of carbonyl (C=O) groups is 1. The summed E-state index contributed by atoms with van der Waals surface area (Å²) in [5.74, 6) is 0.652. The summed E-state index contributed by atoms with van der Waals surface area (Å²) in [6.45, 7) is 4.30. The molecule has 3 heterocycles. The van der Waals surface area contributed by atoms with Crippen molar-refractivity contribution in [1.29, 1.82) is 5.26 Å². The Morgan fingerprint density at radius 3 is 2.76 bits per heavy atom. The Labute approximate surface area is 168 Å². The zero-order valence-electron chi connectivity index (χ0n) is 16.4. The van der Waals surface area contributed by atoms with E-state index < -0.39 is 5.56 Å². The number of aromatic nitrogens is 2. The molecule has 1 N–H and O–H groups in total. The van der Waals surface area contributed by atoms with Gasteiger partial charge in [0.1, 0.15) is 17.4 Å². The maximum absolute atomic E-state index is 13.0. The fraction of sp³-hybridized carbons (Fsp3) is 0.273. The number of nitrogens with one attached hydrogen (secondary N) is 1. The van der Waals surface area contributed by atoms with E-state index in [0.29, 0.717) is 36.5 Å². The van der Waals surface area contributed by atoms with E-state index >= 15 is 0 Å². The van der Waals surface area contributed by atoms with E-state index in [4.69, 9.17) is 4.42 Å². The van der Waals surface area contributed by atoms with Gasteiger partial charge in [-0.05, 0) is 55.2 Å². The van der Waals surface area contributed by atoms with Crippen molar-refractivity contribution >= 4 is 5.91 Å². The number of nitrogens with zero attached hydrogens (tertiary/aromatic N) is 3. The molecule has 7 nitrogen and oxygen atoms in total. The van der Waals surface area contributed by atoms with E-state index in [0.717, 1.165) is 11.1 Å². The number of aromatic amines is 1. The number of furan rings is 1. The Bertz CT molecular complexity index is 1080. The summed E-state index contributed by atoms with van der Waals surface area (Å²) < 4.78 is 5.41. The highest BCUT2D eigenvalue weighted by Crippen LogP contribution is 2.17. The summed E-state index contributed by atoms with van der Waals surface area (Å²) in [4.78, 5) is 33.5. The number of pyridine rings is 2. The number of nitriles is 1. The molecule has 0 spiro atoms. The molecule has 148 valence electrons. The lowest BCUT2D eigenvalue weighted by molar-refractivity contribution is -0.132. The third-order valence-electron chi connectivity index (χ3n) is 4.88. The van der Waals surface area contributed by atoms with E-state index in [1.165, 1.54) is 0 Å². The van der Waals surface area contributed by atoms with E-state index in [1.807, 2.05) is 24.3 Å². The number of carbonyl (C=O) groups excluding carboxylic acids is 1. The molecule has 1 amide bonds. The fourth-order valence-corrected chi connectivity index (χ4v) is 3.35. The maximum atomic E-state index is 13.0. The van der Waals surface area contributed by atoms with E-state index in [9.17, 15) is 14.9 Å². The minimum absolute atomic E-state index is 0.0474. The van der Waals surface area contributed by atoms with Crippen LogP contribution in [0.1, 0.15) is 40.1 Å². The zero-order valence-corrected chi connectivity index (χ0v) is 16.4. The third kappa shape index (κ3) is 4.79. The van der Waals surface area contributed by atoms with E-state index in [2.05, 4.69) is 9.97 Å². The molecule has 3 aromatic heterocycles. The predicted molar refractivity (Wildman–Crippen MR) is 107 cm³/mol. The molecule has 0 unspecified atom stereocenters. The smallest absolute Gasteiger partial charge is 0.266 e. The lowest BCUT2D eigenvalue weighted by atomic mass is 9.99. The largest absolute Gasteiger partial charge is 0.467 e. The summed E-state index contributed by atoms with van der Waals surface area (Å²) in [6.07, 6.45) is 5.69. The van der Waals surface area contributed by atoms with Crippen molar-refractivity contribution in [3.63, 3.8) is 0 Å². The van der Waals surface area contributed by atoms with Crippen molar-refractivity contribution in [1.82, 2.24) is 14.9 Å². The molecule has 0 saturated heterocycles. The zero-order chi connectivity index (χ0) is 20.8. The van der Waals surface area contributed by atoms with E-state index in [1.54, 1.807) is 43.5 Å². The van der Waals surface area contributed by atoms with Crippen molar-refractivity contribution in [2.75, 3.05) is 0 Å². The normalized spacial score (nSPS) is 10.5. The third-order valence-corrected chi connectivity index (χ3v) is 4.88. The van der Waals surface area contributed by atoms with Crippen LogP contribution in [0, 0.1) is 25.2 Å². The highest BCUT2D eigenvalue weighted by Gasteiger charge is 2.18. The molecule has 29 heavy (non-hydrogen) atoms. The van der Waals surface area contributed by atoms with Gasteiger partial charge in [-0.2, -0.15) is 5.26 Å². The van der Waals surface area contributed by atoms with Crippen molar-refractivity contribution in [3.05, 3.63) is 87.0 Å². The van der Waals surface area contributed by atoms with Crippen LogP contribution in [0.5, 0.6) is 0 Å². The number of aryl methyl sites for hydroxylation is 1. The Hall–Kier alpha value is -3.66. The van der Waals surface area contributed by atoms with Gasteiger partial charge in [0.15, 0.2) is 0 Å². The first-order chi connectivity index (χ1) is 14.0. The second-order valence-corrected chi connectivity index (χ2v) is 6.86. The Balaban J connectivity index is 1.78. The highest BCUT2D eigenvalue weighted by molar-refractivity contribution is 5.76. The number of hydrogen-bond donors (Lipinski definition) is 1. The average molecular weight is 390 g/mol. The SMILES string of the molecule is Cc1[nH]c(=O)c(C#N)c(C)c1CCC(=O)N(Cc1cccnc1)Cc1ccco1. The highest BCUT2D eigenvalue weighted by atomic mass is 16.3. The molecular formula is C22H22N4O3. The van der Waals surface area contributed by atoms with Crippen LogP contribution < -0.4 is 5.56 Å².